The van der Waals surface area contributed by atoms with Crippen molar-refractivity contribution in [3.8, 4) is 0 Å². The monoisotopic (exact) mass is 327 g/mol. The van der Waals surface area contributed by atoms with Crippen molar-refractivity contribution in [3.05, 3.63) is 22.3 Å². The number of aromatic nitrogens is 3. The van der Waals surface area contributed by atoms with Crippen molar-refractivity contribution in [2.75, 3.05) is 18.1 Å². The number of hydrogen-bond acceptors (Lipinski definition) is 8. The average molecular weight is 327 g/mol. The highest BCUT2D eigenvalue weighted by Crippen LogP contribution is 2.22. The minimum Gasteiger partial charge on any atom is -0.362 e. The van der Waals surface area contributed by atoms with E-state index in [0.717, 1.165) is 11.7 Å². The quantitative estimate of drug-likeness (QED) is 0.804. The van der Waals surface area contributed by atoms with Crippen LogP contribution in [0.4, 0.5) is 5.13 Å². The number of anilines is 1. The second-order valence-corrected chi connectivity index (χ2v) is 6.05. The minimum atomic E-state index is -0.182. The number of carbonyl (C=O) groups is 1. The van der Waals surface area contributed by atoms with Crippen LogP contribution in [-0.2, 0) is 12.3 Å². The highest BCUT2D eigenvalue weighted by Gasteiger charge is 2.16. The first-order chi connectivity index (χ1) is 10.1. The molecule has 2 heterocycles. The molecule has 0 saturated heterocycles. The van der Waals surface area contributed by atoms with Crippen LogP contribution in [0.1, 0.15) is 34.0 Å². The summed E-state index contributed by atoms with van der Waals surface area (Å²) >= 11 is 2.95. The van der Waals surface area contributed by atoms with Crippen molar-refractivity contribution in [1.82, 2.24) is 20.4 Å². The largest absolute Gasteiger partial charge is 0.362 e. The van der Waals surface area contributed by atoms with Crippen LogP contribution in [0, 0.1) is 6.92 Å². The molecule has 0 aliphatic carbocycles. The molecule has 7 nitrogen and oxygen atoms in total. The van der Waals surface area contributed by atoms with E-state index in [9.17, 15) is 4.79 Å². The maximum absolute atomic E-state index is 12.1. The van der Waals surface area contributed by atoms with Crippen LogP contribution in [0.3, 0.4) is 0 Å². The zero-order chi connectivity index (χ0) is 15.2. The number of hydrogen-bond donors (Lipinski definition) is 2. The normalized spacial score (nSPS) is 10.6. The summed E-state index contributed by atoms with van der Waals surface area (Å²) in [5.41, 5.74) is 0.710. The Bertz CT molecular complexity index is 611. The maximum Gasteiger partial charge on any atom is 0.263 e. The van der Waals surface area contributed by atoms with Crippen molar-refractivity contribution in [2.24, 2.45) is 0 Å². The van der Waals surface area contributed by atoms with Crippen LogP contribution < -0.4 is 10.6 Å². The summed E-state index contributed by atoms with van der Waals surface area (Å²) in [7, 11) is 0. The topological polar surface area (TPSA) is 92.9 Å². The molecule has 114 valence electrons. The lowest BCUT2D eigenvalue weighted by Gasteiger charge is -1.99. The molecule has 2 rings (SSSR count). The third-order valence-corrected chi connectivity index (χ3v) is 4.18. The summed E-state index contributed by atoms with van der Waals surface area (Å²) in [4.78, 5) is 21.2. The summed E-state index contributed by atoms with van der Waals surface area (Å²) in [5.74, 6) is 1.55. The van der Waals surface area contributed by atoms with E-state index >= 15 is 0 Å². The van der Waals surface area contributed by atoms with Gasteiger partial charge in [-0.25, -0.2) is 4.98 Å². The van der Waals surface area contributed by atoms with Crippen molar-refractivity contribution in [3.63, 3.8) is 0 Å². The van der Waals surface area contributed by atoms with Gasteiger partial charge in [0.2, 0.25) is 5.89 Å². The first-order valence-electron chi connectivity index (χ1n) is 6.44. The van der Waals surface area contributed by atoms with Gasteiger partial charge in [0, 0.05) is 6.54 Å². The molecular weight excluding hydrogens is 310 g/mol. The average Bonchev–Trinajstić information content (AvgIpc) is 3.04. The van der Waals surface area contributed by atoms with Gasteiger partial charge in [-0.3, -0.25) is 4.79 Å². The van der Waals surface area contributed by atoms with Gasteiger partial charge < -0.3 is 15.2 Å². The van der Waals surface area contributed by atoms with Gasteiger partial charge in [-0.1, -0.05) is 16.5 Å². The molecular formula is C12H17N5O2S2. The predicted octanol–water partition coefficient (Wildman–Crippen LogP) is 2.06. The molecule has 0 saturated carbocycles. The second-order valence-electron chi connectivity index (χ2n) is 4.18. The van der Waals surface area contributed by atoms with E-state index in [0.29, 0.717) is 28.0 Å². The van der Waals surface area contributed by atoms with Crippen LogP contribution >= 0.6 is 23.1 Å². The number of aryl methyl sites for hydroxylation is 1. The summed E-state index contributed by atoms with van der Waals surface area (Å²) in [5, 5.41) is 10.4. The zero-order valence-electron chi connectivity index (χ0n) is 12.1. The third kappa shape index (κ3) is 4.18. The molecule has 0 radical (unpaired) electrons. The smallest absolute Gasteiger partial charge is 0.263 e. The molecule has 9 heteroatoms. The number of carbonyl (C=O) groups excluding carboxylic acids is 1. The van der Waals surface area contributed by atoms with E-state index in [1.54, 1.807) is 11.8 Å². The third-order valence-electron chi connectivity index (χ3n) is 2.51. The number of nitrogens with zero attached hydrogens (tertiary/aromatic N) is 3. The van der Waals surface area contributed by atoms with Crippen LogP contribution in [-0.4, -0.2) is 33.8 Å². The van der Waals surface area contributed by atoms with Crippen LogP contribution in [0.15, 0.2) is 4.52 Å². The van der Waals surface area contributed by atoms with Gasteiger partial charge >= 0.3 is 0 Å². The summed E-state index contributed by atoms with van der Waals surface area (Å²) < 4.78 is 5.06. The molecule has 0 unspecified atom stereocenters. The van der Waals surface area contributed by atoms with Crippen LogP contribution in [0.5, 0.6) is 0 Å². The van der Waals surface area contributed by atoms with Gasteiger partial charge in [-0.05, 0) is 20.1 Å². The molecule has 2 aromatic heterocycles. The Kier molecular flexibility index (Phi) is 5.57. The number of thioether (sulfide) groups is 1. The lowest BCUT2D eigenvalue weighted by molar-refractivity contribution is 0.0949. The van der Waals surface area contributed by atoms with Gasteiger partial charge in [-0.15, -0.1) is 0 Å². The fourth-order valence-electron chi connectivity index (χ4n) is 1.62. The Morgan fingerprint density at radius 3 is 2.95 bits per heavy atom. The lowest BCUT2D eigenvalue weighted by atomic mass is 10.4. The Balaban J connectivity index is 1.94. The summed E-state index contributed by atoms with van der Waals surface area (Å²) in [6, 6.07) is 0. The van der Waals surface area contributed by atoms with E-state index in [2.05, 4.69) is 25.8 Å². The molecule has 0 aliphatic rings. The number of rotatable bonds is 7. The molecule has 21 heavy (non-hydrogen) atoms. The van der Waals surface area contributed by atoms with E-state index in [1.807, 2.05) is 20.1 Å². The van der Waals surface area contributed by atoms with Gasteiger partial charge in [0.25, 0.3) is 5.91 Å². The SMILES string of the molecule is CCNc1nc(C)c(C(=O)NCc2nc(CSC)no2)s1. The van der Waals surface area contributed by atoms with Crippen molar-refractivity contribution in [2.45, 2.75) is 26.1 Å². The minimum absolute atomic E-state index is 0.182. The molecule has 0 atom stereocenters. The first-order valence-corrected chi connectivity index (χ1v) is 8.65. The standard InChI is InChI=1S/C12H17N5O2S2/c1-4-13-12-15-7(2)10(21-12)11(18)14-5-9-16-8(6-20-3)17-19-9/h4-6H2,1-3H3,(H,13,15)(H,14,18). The molecule has 0 fully saturated rings. The zero-order valence-corrected chi connectivity index (χ0v) is 13.7. The Hall–Kier alpha value is -1.61. The highest BCUT2D eigenvalue weighted by molar-refractivity contribution is 7.97. The predicted molar refractivity (Wildman–Crippen MR) is 83.7 cm³/mol. The molecule has 2 aromatic rings. The lowest BCUT2D eigenvalue weighted by Crippen LogP contribution is -2.22. The van der Waals surface area contributed by atoms with E-state index in [1.165, 1.54) is 11.3 Å². The Morgan fingerprint density at radius 1 is 1.43 bits per heavy atom. The summed E-state index contributed by atoms with van der Waals surface area (Å²) in [6.45, 7) is 4.79. The fraction of sp³-hybridized carbons (Fsp3) is 0.500. The number of nitrogens with one attached hydrogen (secondary N) is 2. The fourth-order valence-corrected chi connectivity index (χ4v) is 2.95. The molecule has 0 spiro atoms. The number of thiazole rings is 1. The molecule has 0 aliphatic heterocycles. The first kappa shape index (κ1) is 15.8. The van der Waals surface area contributed by atoms with Gasteiger partial charge in [0.1, 0.15) is 4.88 Å². The maximum atomic E-state index is 12.1. The molecule has 0 aromatic carbocycles. The van der Waals surface area contributed by atoms with Crippen molar-refractivity contribution < 1.29 is 9.32 Å². The van der Waals surface area contributed by atoms with Crippen molar-refractivity contribution in [1.29, 1.82) is 0 Å². The van der Waals surface area contributed by atoms with E-state index in [-0.39, 0.29) is 12.5 Å². The van der Waals surface area contributed by atoms with Crippen LogP contribution in [0.25, 0.3) is 0 Å². The van der Waals surface area contributed by atoms with E-state index in [4.69, 9.17) is 4.52 Å². The van der Waals surface area contributed by atoms with Gasteiger partial charge in [0.05, 0.1) is 18.0 Å². The molecule has 1 amide bonds. The van der Waals surface area contributed by atoms with Gasteiger partial charge in [-0.2, -0.15) is 16.7 Å². The highest BCUT2D eigenvalue weighted by atomic mass is 32.2. The van der Waals surface area contributed by atoms with Gasteiger partial charge in [0.15, 0.2) is 11.0 Å². The van der Waals surface area contributed by atoms with E-state index < -0.39 is 0 Å². The summed E-state index contributed by atoms with van der Waals surface area (Å²) in [6.07, 6.45) is 1.96. The Morgan fingerprint density at radius 2 is 2.24 bits per heavy atom. The molecule has 0 bridgehead atoms. The molecule has 2 N–H and O–H groups in total. The van der Waals surface area contributed by atoms with Crippen molar-refractivity contribution >= 4 is 34.1 Å². The second kappa shape index (κ2) is 7.41. The number of amides is 1. The Labute approximate surface area is 130 Å². The van der Waals surface area contributed by atoms with Crippen LogP contribution in [0.2, 0.25) is 0 Å².